The highest BCUT2D eigenvalue weighted by molar-refractivity contribution is 7.88. The predicted octanol–water partition coefficient (Wildman–Crippen LogP) is 3.40. The topological polar surface area (TPSA) is 76.1 Å². The molecule has 3 aromatic rings. The maximum Gasteiger partial charge on any atom is 0.208 e. The van der Waals surface area contributed by atoms with Gasteiger partial charge in [0.15, 0.2) is 0 Å². The number of carbonyl (C=O) groups is 1. The van der Waals surface area contributed by atoms with Crippen molar-refractivity contribution in [2.24, 2.45) is 0 Å². The van der Waals surface area contributed by atoms with E-state index in [1.54, 1.807) is 0 Å². The summed E-state index contributed by atoms with van der Waals surface area (Å²) < 4.78 is 25.4. The Morgan fingerprint density at radius 3 is 2.62 bits per heavy atom. The molecule has 26 heavy (non-hydrogen) atoms. The van der Waals surface area contributed by atoms with E-state index in [9.17, 15) is 13.2 Å². The van der Waals surface area contributed by atoms with E-state index in [0.717, 1.165) is 32.6 Å². The lowest BCUT2D eigenvalue weighted by atomic mass is 10.1. The molecule has 5 nitrogen and oxygen atoms in total. The third-order valence-electron chi connectivity index (χ3n) is 3.88. The summed E-state index contributed by atoms with van der Waals surface area (Å²) in [4.78, 5) is 16.6. The van der Waals surface area contributed by atoms with Crippen molar-refractivity contribution in [2.45, 2.75) is 19.3 Å². The number of nitrogens with one attached hydrogen (secondary N) is 1. The third kappa shape index (κ3) is 5.20. The first kappa shape index (κ1) is 18.7. The Morgan fingerprint density at radius 1 is 1.12 bits per heavy atom. The molecule has 0 unspecified atom stereocenters. The molecule has 0 aliphatic heterocycles. The minimum Gasteiger partial charge on any atom is -0.299 e. The van der Waals surface area contributed by atoms with Gasteiger partial charge in [-0.1, -0.05) is 36.4 Å². The molecule has 1 N–H and O–H groups in total. The van der Waals surface area contributed by atoms with Crippen LogP contribution in [0.1, 0.15) is 17.8 Å². The van der Waals surface area contributed by atoms with Crippen molar-refractivity contribution in [3.63, 3.8) is 0 Å². The Balaban J connectivity index is 1.63. The van der Waals surface area contributed by atoms with E-state index in [2.05, 4.69) is 27.9 Å². The van der Waals surface area contributed by atoms with Crippen LogP contribution in [0, 0.1) is 0 Å². The Labute approximate surface area is 157 Å². The number of Topliss-reactive ketones (excluding diaryl/α,β-unsaturated/α-hetero) is 1. The monoisotopic (exact) mass is 388 g/mol. The molecule has 0 saturated heterocycles. The molecule has 3 rings (SSSR count). The van der Waals surface area contributed by atoms with Crippen LogP contribution in [-0.2, 0) is 21.2 Å². The van der Waals surface area contributed by atoms with E-state index in [4.69, 9.17) is 0 Å². The minimum atomic E-state index is -3.20. The SMILES string of the molecule is CS(=O)(=O)NCCCC(=O)Cc1nc2ccc(-c3ccccc3)cc2s1. The summed E-state index contributed by atoms with van der Waals surface area (Å²) in [5.74, 6) is 0.0719. The number of fused-ring (bicyclic) bond motifs is 1. The number of sulfonamides is 1. The molecule has 136 valence electrons. The normalized spacial score (nSPS) is 11.7. The van der Waals surface area contributed by atoms with Crippen LogP contribution in [0.5, 0.6) is 0 Å². The van der Waals surface area contributed by atoms with E-state index < -0.39 is 10.0 Å². The molecule has 0 amide bonds. The number of hydrogen-bond acceptors (Lipinski definition) is 5. The van der Waals surface area contributed by atoms with Crippen molar-refractivity contribution in [3.8, 4) is 11.1 Å². The summed E-state index contributed by atoms with van der Waals surface area (Å²) in [6.45, 7) is 0.283. The van der Waals surface area contributed by atoms with Crippen LogP contribution in [0.4, 0.5) is 0 Å². The van der Waals surface area contributed by atoms with E-state index >= 15 is 0 Å². The van der Waals surface area contributed by atoms with E-state index in [1.165, 1.54) is 11.3 Å². The Hall–Kier alpha value is -2.09. The first-order chi connectivity index (χ1) is 12.4. The quantitative estimate of drug-likeness (QED) is 0.600. The van der Waals surface area contributed by atoms with E-state index in [0.29, 0.717) is 19.3 Å². The van der Waals surface area contributed by atoms with Crippen LogP contribution < -0.4 is 4.72 Å². The lowest BCUT2D eigenvalue weighted by Crippen LogP contribution is -2.23. The van der Waals surface area contributed by atoms with Gasteiger partial charge in [-0.25, -0.2) is 18.1 Å². The van der Waals surface area contributed by atoms with Gasteiger partial charge >= 0.3 is 0 Å². The first-order valence-corrected chi connectivity index (χ1v) is 11.0. The number of hydrogen-bond donors (Lipinski definition) is 1. The Kier molecular flexibility index (Phi) is 5.80. The van der Waals surface area contributed by atoms with Gasteiger partial charge in [0.25, 0.3) is 0 Å². The van der Waals surface area contributed by atoms with Gasteiger partial charge in [0, 0.05) is 13.0 Å². The minimum absolute atomic E-state index is 0.0719. The lowest BCUT2D eigenvalue weighted by Gasteiger charge is -2.01. The average molecular weight is 389 g/mol. The van der Waals surface area contributed by atoms with Crippen LogP contribution in [-0.4, -0.2) is 32.0 Å². The van der Waals surface area contributed by atoms with Crippen molar-refractivity contribution < 1.29 is 13.2 Å². The average Bonchev–Trinajstić information content (AvgIpc) is 3.00. The molecule has 0 atom stereocenters. The molecule has 1 heterocycles. The van der Waals surface area contributed by atoms with Gasteiger partial charge in [-0.05, 0) is 29.7 Å². The highest BCUT2D eigenvalue weighted by Gasteiger charge is 2.10. The van der Waals surface area contributed by atoms with Crippen LogP contribution in [0.25, 0.3) is 21.3 Å². The standard InChI is InChI=1S/C19H20N2O3S2/c1-26(23,24)20-11-5-8-16(22)13-19-21-17-10-9-15(12-18(17)25-19)14-6-3-2-4-7-14/h2-4,6-7,9-10,12,20H,5,8,11,13H2,1H3. The molecule has 1 aromatic heterocycles. The van der Waals surface area contributed by atoms with Gasteiger partial charge in [0.05, 0.1) is 22.9 Å². The molecule has 2 aromatic carbocycles. The maximum absolute atomic E-state index is 12.1. The molecule has 0 bridgehead atoms. The van der Waals surface area contributed by atoms with Crippen LogP contribution in [0.3, 0.4) is 0 Å². The van der Waals surface area contributed by atoms with E-state index in [1.807, 2.05) is 30.3 Å². The van der Waals surface area contributed by atoms with Crippen molar-refractivity contribution in [1.82, 2.24) is 9.71 Å². The van der Waals surface area contributed by atoms with Crippen LogP contribution in [0.15, 0.2) is 48.5 Å². The molecule has 0 spiro atoms. The largest absolute Gasteiger partial charge is 0.299 e. The van der Waals surface area contributed by atoms with Gasteiger partial charge in [0.2, 0.25) is 10.0 Å². The van der Waals surface area contributed by atoms with Crippen LogP contribution in [0.2, 0.25) is 0 Å². The summed E-state index contributed by atoms with van der Waals surface area (Å²) in [5.41, 5.74) is 3.18. The van der Waals surface area contributed by atoms with Gasteiger partial charge in [-0.3, -0.25) is 4.79 Å². The number of benzene rings is 2. The maximum atomic E-state index is 12.1. The second-order valence-electron chi connectivity index (χ2n) is 6.14. The first-order valence-electron chi connectivity index (χ1n) is 8.32. The van der Waals surface area contributed by atoms with Crippen molar-refractivity contribution in [3.05, 3.63) is 53.5 Å². The molecule has 7 heteroatoms. The third-order valence-corrected chi connectivity index (χ3v) is 5.63. The molecular formula is C19H20N2O3S2. The number of nitrogens with zero attached hydrogens (tertiary/aromatic N) is 1. The lowest BCUT2D eigenvalue weighted by molar-refractivity contribution is -0.118. The van der Waals surface area contributed by atoms with Crippen molar-refractivity contribution in [1.29, 1.82) is 0 Å². The number of thiazole rings is 1. The second-order valence-corrected chi connectivity index (χ2v) is 9.09. The summed E-state index contributed by atoms with van der Waals surface area (Å²) in [5, 5.41) is 0.797. The van der Waals surface area contributed by atoms with E-state index in [-0.39, 0.29) is 12.3 Å². The highest BCUT2D eigenvalue weighted by Crippen LogP contribution is 2.28. The zero-order chi connectivity index (χ0) is 18.6. The summed E-state index contributed by atoms with van der Waals surface area (Å²) in [6.07, 6.45) is 2.24. The fourth-order valence-electron chi connectivity index (χ4n) is 2.66. The Bertz CT molecular complexity index is 1010. The van der Waals surface area contributed by atoms with Gasteiger partial charge < -0.3 is 0 Å². The van der Waals surface area contributed by atoms with Gasteiger partial charge in [-0.15, -0.1) is 11.3 Å². The number of rotatable bonds is 8. The Morgan fingerprint density at radius 2 is 1.88 bits per heavy atom. The van der Waals surface area contributed by atoms with Crippen molar-refractivity contribution >= 4 is 37.4 Å². The van der Waals surface area contributed by atoms with Crippen LogP contribution >= 0.6 is 11.3 Å². The molecule has 0 saturated carbocycles. The zero-order valence-electron chi connectivity index (χ0n) is 14.4. The fraction of sp³-hybridized carbons (Fsp3) is 0.263. The van der Waals surface area contributed by atoms with Gasteiger partial charge in [-0.2, -0.15) is 0 Å². The second kappa shape index (κ2) is 8.07. The molecule has 0 fully saturated rings. The summed E-state index contributed by atoms with van der Waals surface area (Å²) >= 11 is 1.53. The molecule has 0 radical (unpaired) electrons. The number of aromatic nitrogens is 1. The molecule has 0 aliphatic rings. The fourth-order valence-corrected chi connectivity index (χ4v) is 4.21. The zero-order valence-corrected chi connectivity index (χ0v) is 16.1. The number of ketones is 1. The highest BCUT2D eigenvalue weighted by atomic mass is 32.2. The molecular weight excluding hydrogens is 368 g/mol. The van der Waals surface area contributed by atoms with Crippen molar-refractivity contribution in [2.75, 3.05) is 12.8 Å². The summed E-state index contributed by atoms with van der Waals surface area (Å²) in [6, 6.07) is 16.3. The summed E-state index contributed by atoms with van der Waals surface area (Å²) in [7, 11) is -3.20. The smallest absolute Gasteiger partial charge is 0.208 e. The van der Waals surface area contributed by atoms with Gasteiger partial charge in [0.1, 0.15) is 10.8 Å². The molecule has 0 aliphatic carbocycles. The predicted molar refractivity (Wildman–Crippen MR) is 106 cm³/mol. The number of carbonyl (C=O) groups excluding carboxylic acids is 1.